The predicted octanol–water partition coefficient (Wildman–Crippen LogP) is 9.07. The molecule has 2 rings (SSSR count). The Balaban J connectivity index is 1.80. The van der Waals surface area contributed by atoms with E-state index < -0.39 is 0 Å². The number of unbranched alkanes of at least 4 members (excludes halogenated alkanes) is 5. The summed E-state index contributed by atoms with van der Waals surface area (Å²) >= 11 is 0. The Morgan fingerprint density at radius 2 is 0.738 bits per heavy atom. The van der Waals surface area contributed by atoms with Gasteiger partial charge in [-0.2, -0.15) is 10.1 Å². The van der Waals surface area contributed by atoms with Crippen LogP contribution in [0.1, 0.15) is 146 Å². The largest absolute Gasteiger partial charge is 0.378 e. The second kappa shape index (κ2) is 20.7. The summed E-state index contributed by atoms with van der Waals surface area (Å²) in [5, 5.41) is 4.74. The summed E-state index contributed by atoms with van der Waals surface area (Å²) in [7, 11) is 0. The highest BCUT2D eigenvalue weighted by atomic mass is 16.7. The summed E-state index contributed by atoms with van der Waals surface area (Å²) in [6.45, 7) is 26.5. The molecule has 2 aliphatic heterocycles. The van der Waals surface area contributed by atoms with E-state index in [-0.39, 0.29) is 0 Å². The van der Waals surface area contributed by atoms with Crippen molar-refractivity contribution in [3.8, 4) is 0 Å². The summed E-state index contributed by atoms with van der Waals surface area (Å²) < 4.78 is 13.1. The highest BCUT2D eigenvalue weighted by Crippen LogP contribution is 2.35. The number of piperidine rings is 2. The van der Waals surface area contributed by atoms with Crippen molar-refractivity contribution >= 4 is 0 Å². The van der Waals surface area contributed by atoms with E-state index in [1.165, 1.54) is 25.7 Å². The third-order valence-electron chi connectivity index (χ3n) is 9.63. The molecule has 42 heavy (non-hydrogen) atoms. The Morgan fingerprint density at radius 1 is 0.452 bits per heavy atom. The molecule has 4 unspecified atom stereocenters. The molecule has 2 saturated heterocycles. The lowest BCUT2D eigenvalue weighted by atomic mass is 9.84. The number of rotatable bonds is 21. The van der Waals surface area contributed by atoms with Crippen molar-refractivity contribution in [2.45, 2.75) is 183 Å². The van der Waals surface area contributed by atoms with Crippen LogP contribution in [0.15, 0.2) is 0 Å². The number of nitrogens with zero attached hydrogens (tertiary/aromatic N) is 2. The maximum Gasteiger partial charge on any atom is 0.0685 e. The molecule has 0 bridgehead atoms. The first-order valence-electron chi connectivity index (χ1n) is 18.2. The number of ether oxygens (including phenoxy) is 2. The standard InChI is InChI=1S/C36H72N2O4/c1-11-13-15-21-41-37-33(27(3)4)23-31(24-34(37)28(5)6)39-19-17-18-20-40-32-25-35(29(7)8)38(36(26-32)30(9)10)42-22-16-14-12-2/h27-36H,11-26H2,1-10H3. The lowest BCUT2D eigenvalue weighted by molar-refractivity contribution is -0.258. The molecule has 0 aliphatic carbocycles. The highest BCUT2D eigenvalue weighted by Gasteiger charge is 2.41. The first kappa shape index (κ1) is 37.9. The molecular weight excluding hydrogens is 524 g/mol. The smallest absolute Gasteiger partial charge is 0.0685 e. The van der Waals surface area contributed by atoms with Gasteiger partial charge in [-0.3, -0.25) is 9.68 Å². The van der Waals surface area contributed by atoms with Crippen molar-refractivity contribution < 1.29 is 19.1 Å². The van der Waals surface area contributed by atoms with E-state index >= 15 is 0 Å². The Bertz CT molecular complexity index is 581. The van der Waals surface area contributed by atoms with Crippen molar-refractivity contribution in [2.75, 3.05) is 26.4 Å². The fourth-order valence-electron chi connectivity index (χ4n) is 6.84. The molecule has 0 amide bonds. The Morgan fingerprint density at radius 3 is 1.00 bits per heavy atom. The van der Waals surface area contributed by atoms with Crippen LogP contribution in [0.25, 0.3) is 0 Å². The molecule has 0 spiro atoms. The monoisotopic (exact) mass is 597 g/mol. The van der Waals surface area contributed by atoms with Gasteiger partial charge in [-0.25, -0.2) is 0 Å². The fourth-order valence-corrected chi connectivity index (χ4v) is 6.84. The van der Waals surface area contributed by atoms with Crippen molar-refractivity contribution in [1.82, 2.24) is 10.1 Å². The fraction of sp³-hybridized carbons (Fsp3) is 1.00. The van der Waals surface area contributed by atoms with Crippen LogP contribution in [0, 0.1) is 23.7 Å². The van der Waals surface area contributed by atoms with E-state index in [0.29, 0.717) is 60.0 Å². The SMILES string of the molecule is CCCCCON1C(C(C)C)CC(OCCCCOC2CC(C(C)C)N(OCCCCC)C(C(C)C)C2)CC1C(C)C. The van der Waals surface area contributed by atoms with Crippen molar-refractivity contribution in [1.29, 1.82) is 0 Å². The third kappa shape index (κ3) is 12.6. The normalized spacial score (nSPS) is 28.1. The van der Waals surface area contributed by atoms with Gasteiger partial charge in [0.15, 0.2) is 0 Å². The first-order valence-corrected chi connectivity index (χ1v) is 18.2. The molecule has 0 N–H and O–H groups in total. The molecule has 250 valence electrons. The van der Waals surface area contributed by atoms with Gasteiger partial charge >= 0.3 is 0 Å². The van der Waals surface area contributed by atoms with Crippen LogP contribution in [0.4, 0.5) is 0 Å². The molecule has 0 aromatic heterocycles. The van der Waals surface area contributed by atoms with Gasteiger partial charge in [0.05, 0.1) is 25.4 Å². The highest BCUT2D eigenvalue weighted by molar-refractivity contribution is 4.90. The molecule has 6 nitrogen and oxygen atoms in total. The zero-order chi connectivity index (χ0) is 31.1. The van der Waals surface area contributed by atoms with E-state index in [9.17, 15) is 0 Å². The van der Waals surface area contributed by atoms with E-state index in [2.05, 4.69) is 79.4 Å². The van der Waals surface area contributed by atoms with Crippen LogP contribution in [0.3, 0.4) is 0 Å². The molecule has 0 saturated carbocycles. The molecule has 0 aromatic carbocycles. The molecule has 0 aromatic rings. The molecule has 0 radical (unpaired) electrons. The summed E-state index contributed by atoms with van der Waals surface area (Å²) in [5.74, 6) is 2.20. The zero-order valence-electron chi connectivity index (χ0n) is 29.6. The van der Waals surface area contributed by atoms with E-state index in [1.807, 2.05) is 0 Å². The molecule has 6 heteroatoms. The van der Waals surface area contributed by atoms with Crippen molar-refractivity contribution in [2.24, 2.45) is 23.7 Å². The summed E-state index contributed by atoms with van der Waals surface area (Å²) in [5.41, 5.74) is 0. The van der Waals surface area contributed by atoms with Gasteiger partial charge < -0.3 is 9.47 Å². The van der Waals surface area contributed by atoms with Gasteiger partial charge in [-0.1, -0.05) is 94.9 Å². The summed E-state index contributed by atoms with van der Waals surface area (Å²) in [4.78, 5) is 12.9. The molecule has 2 heterocycles. The van der Waals surface area contributed by atoms with Crippen LogP contribution in [0.2, 0.25) is 0 Å². The van der Waals surface area contributed by atoms with E-state index in [4.69, 9.17) is 19.1 Å². The average molecular weight is 597 g/mol. The van der Waals surface area contributed by atoms with Gasteiger partial charge in [0, 0.05) is 37.4 Å². The van der Waals surface area contributed by atoms with Crippen LogP contribution in [0.5, 0.6) is 0 Å². The molecule has 4 atom stereocenters. The van der Waals surface area contributed by atoms with E-state index in [1.54, 1.807) is 0 Å². The average Bonchev–Trinajstić information content (AvgIpc) is 2.95. The van der Waals surface area contributed by atoms with Gasteiger partial charge in [-0.05, 0) is 75.0 Å². The maximum absolute atomic E-state index is 6.53. The lowest BCUT2D eigenvalue weighted by Gasteiger charge is -2.47. The molecular formula is C36H72N2O4. The lowest BCUT2D eigenvalue weighted by Crippen LogP contribution is -2.55. The Hall–Kier alpha value is -0.240. The van der Waals surface area contributed by atoms with E-state index in [0.717, 1.165) is 77.8 Å². The number of hydrogen-bond donors (Lipinski definition) is 0. The first-order chi connectivity index (χ1) is 20.1. The topological polar surface area (TPSA) is 43.4 Å². The quantitative estimate of drug-likeness (QED) is 0.123. The van der Waals surface area contributed by atoms with Crippen LogP contribution in [-0.4, -0.2) is 72.9 Å². The minimum Gasteiger partial charge on any atom is -0.378 e. The van der Waals surface area contributed by atoms with Crippen LogP contribution < -0.4 is 0 Å². The van der Waals surface area contributed by atoms with Crippen molar-refractivity contribution in [3.05, 3.63) is 0 Å². The van der Waals surface area contributed by atoms with Gasteiger partial charge in [0.25, 0.3) is 0 Å². The summed E-state index contributed by atoms with van der Waals surface area (Å²) in [6, 6.07) is 1.69. The van der Waals surface area contributed by atoms with Gasteiger partial charge in [-0.15, -0.1) is 0 Å². The minimum absolute atomic E-state index is 0.321. The Labute approximate surface area is 261 Å². The molecule has 2 fully saturated rings. The zero-order valence-corrected chi connectivity index (χ0v) is 29.6. The second-order valence-corrected chi connectivity index (χ2v) is 14.7. The van der Waals surface area contributed by atoms with Crippen molar-refractivity contribution in [3.63, 3.8) is 0 Å². The molecule has 2 aliphatic rings. The Kier molecular flexibility index (Phi) is 18.7. The maximum atomic E-state index is 6.53. The predicted molar refractivity (Wildman–Crippen MR) is 176 cm³/mol. The van der Waals surface area contributed by atoms with Crippen LogP contribution in [-0.2, 0) is 19.1 Å². The number of hydroxylamine groups is 4. The second-order valence-electron chi connectivity index (χ2n) is 14.7. The van der Waals surface area contributed by atoms with Crippen LogP contribution >= 0.6 is 0 Å². The summed E-state index contributed by atoms with van der Waals surface area (Å²) in [6.07, 6.45) is 14.3. The minimum atomic E-state index is 0.321. The van der Waals surface area contributed by atoms with Gasteiger partial charge in [0.2, 0.25) is 0 Å². The number of hydrogen-bond acceptors (Lipinski definition) is 6. The van der Waals surface area contributed by atoms with Gasteiger partial charge in [0.1, 0.15) is 0 Å². The third-order valence-corrected chi connectivity index (χ3v) is 9.63.